The number of aromatic hydroxyl groups is 1. The molecule has 5 rings (SSSR count). The predicted molar refractivity (Wildman–Crippen MR) is 163 cm³/mol. The second-order valence-corrected chi connectivity index (χ2v) is 12.0. The fourth-order valence-electron chi connectivity index (χ4n) is 7.35. The third-order valence-corrected chi connectivity index (χ3v) is 9.06. The summed E-state index contributed by atoms with van der Waals surface area (Å²) in [6.45, 7) is 8.15. The van der Waals surface area contributed by atoms with Crippen LogP contribution in [-0.4, -0.2) is 35.2 Å². The summed E-state index contributed by atoms with van der Waals surface area (Å²) in [5.74, 6) is -0.985. The van der Waals surface area contributed by atoms with Gasteiger partial charge in [0.25, 0.3) is 0 Å². The lowest BCUT2D eigenvalue weighted by atomic mass is 9.58. The molecule has 2 fully saturated rings. The molecule has 2 N–H and O–H groups in total. The van der Waals surface area contributed by atoms with Crippen LogP contribution in [0.4, 0.5) is 5.69 Å². The summed E-state index contributed by atoms with van der Waals surface area (Å²) in [6.07, 6.45) is 8.13. The first kappa shape index (κ1) is 29.3. The Labute approximate surface area is 244 Å². The molecule has 7 heteroatoms. The molecule has 1 aliphatic carbocycles. The molecule has 0 bridgehead atoms. The third kappa shape index (κ3) is 5.80. The quantitative estimate of drug-likeness (QED) is 0.203. The van der Waals surface area contributed by atoms with E-state index in [9.17, 15) is 19.7 Å². The van der Waals surface area contributed by atoms with Gasteiger partial charge in [0.2, 0.25) is 11.8 Å². The van der Waals surface area contributed by atoms with Crippen LogP contribution >= 0.6 is 0 Å². The van der Waals surface area contributed by atoms with Gasteiger partial charge in [-0.1, -0.05) is 62.1 Å². The van der Waals surface area contributed by atoms with Crippen molar-refractivity contribution in [3.63, 3.8) is 0 Å². The number of phenolic OH excluding ortho intramolecular Hbond substituents is 1. The summed E-state index contributed by atoms with van der Waals surface area (Å²) in [6, 6.07) is 13.2. The van der Waals surface area contributed by atoms with E-state index in [0.717, 1.165) is 54.4 Å². The van der Waals surface area contributed by atoms with E-state index < -0.39 is 13.0 Å². The summed E-state index contributed by atoms with van der Waals surface area (Å²) in [5, 5.41) is 21.1. The van der Waals surface area contributed by atoms with Gasteiger partial charge in [0.15, 0.2) is 0 Å². The fourth-order valence-corrected chi connectivity index (χ4v) is 7.35. The molecule has 0 spiro atoms. The van der Waals surface area contributed by atoms with Gasteiger partial charge in [0, 0.05) is 0 Å². The standard InChI is InChI=1S/C34H42BNO5/c1-5-10-23(18-24-16-21(3)32(37)22(4)17-24)14-15-29-30-25(11-6-2)19-27-31(28(30)20-35(40)41-29)34(39)36(33(27)38)26-12-8-7-9-13-26/h7-9,12-13,16-18,27-29,31,37,40H,5-6,10-11,14-15,19-20H2,1-4H3/b23-18+/t27-,28+,29-,31-/m1/s1. The third-order valence-electron chi connectivity index (χ3n) is 9.06. The average molecular weight is 556 g/mol. The van der Waals surface area contributed by atoms with Crippen molar-refractivity contribution >= 4 is 30.7 Å². The maximum atomic E-state index is 13.8. The number of amides is 2. The van der Waals surface area contributed by atoms with Crippen molar-refractivity contribution < 1.29 is 24.4 Å². The van der Waals surface area contributed by atoms with Gasteiger partial charge in [-0.25, -0.2) is 0 Å². The van der Waals surface area contributed by atoms with Gasteiger partial charge in [0.1, 0.15) is 5.75 Å². The first-order valence-corrected chi connectivity index (χ1v) is 15.2. The number of carbonyl (C=O) groups excluding carboxylic acids is 2. The number of para-hydroxylation sites is 1. The smallest absolute Gasteiger partial charge is 0.455 e. The molecular formula is C34H42BNO5. The lowest BCUT2D eigenvalue weighted by molar-refractivity contribution is -0.122. The van der Waals surface area contributed by atoms with Crippen LogP contribution in [0.15, 0.2) is 59.2 Å². The average Bonchev–Trinajstić information content (AvgIpc) is 3.20. The minimum Gasteiger partial charge on any atom is -0.507 e. The highest BCUT2D eigenvalue weighted by Crippen LogP contribution is 2.52. The molecule has 0 radical (unpaired) electrons. The molecule has 3 aliphatic rings. The summed E-state index contributed by atoms with van der Waals surface area (Å²) < 4.78 is 6.21. The molecule has 0 unspecified atom stereocenters. The Morgan fingerprint density at radius 1 is 1.02 bits per heavy atom. The van der Waals surface area contributed by atoms with Gasteiger partial charge in [-0.05, 0) is 105 Å². The zero-order valence-electron chi connectivity index (χ0n) is 24.7. The van der Waals surface area contributed by atoms with Crippen LogP contribution in [0.1, 0.15) is 75.5 Å². The molecule has 0 saturated carbocycles. The summed E-state index contributed by atoms with van der Waals surface area (Å²) in [5.41, 5.74) is 7.10. The minimum atomic E-state index is -0.968. The van der Waals surface area contributed by atoms with Crippen molar-refractivity contribution in [2.45, 2.75) is 85.1 Å². The molecule has 216 valence electrons. The Hall–Kier alpha value is -3.16. The van der Waals surface area contributed by atoms with Crippen LogP contribution in [0.25, 0.3) is 6.08 Å². The van der Waals surface area contributed by atoms with Gasteiger partial charge in [0.05, 0.1) is 23.6 Å². The zero-order valence-corrected chi connectivity index (χ0v) is 24.7. The molecule has 2 aliphatic heterocycles. The zero-order chi connectivity index (χ0) is 29.3. The van der Waals surface area contributed by atoms with Crippen LogP contribution in [0.3, 0.4) is 0 Å². The Balaban J connectivity index is 1.44. The van der Waals surface area contributed by atoms with Crippen LogP contribution in [0, 0.1) is 31.6 Å². The largest absolute Gasteiger partial charge is 0.507 e. The Morgan fingerprint density at radius 2 is 1.73 bits per heavy atom. The lowest BCUT2D eigenvalue weighted by Gasteiger charge is -2.43. The predicted octanol–water partition coefficient (Wildman–Crippen LogP) is 6.77. The number of fused-ring (bicyclic) bond motifs is 3. The van der Waals surface area contributed by atoms with Crippen LogP contribution in [-0.2, 0) is 14.2 Å². The molecule has 2 heterocycles. The number of anilines is 1. The number of phenols is 1. The topological polar surface area (TPSA) is 87.1 Å². The maximum absolute atomic E-state index is 13.8. The van der Waals surface area contributed by atoms with E-state index in [2.05, 4.69) is 19.9 Å². The maximum Gasteiger partial charge on any atom is 0.455 e. The molecule has 2 aromatic carbocycles. The van der Waals surface area contributed by atoms with E-state index >= 15 is 0 Å². The van der Waals surface area contributed by atoms with Gasteiger partial charge in [-0.15, -0.1) is 0 Å². The number of rotatable bonds is 9. The SMILES string of the molecule is CCCC1=C2[C@@H](CC/C(=C/c3cc(C)c(O)c(C)c3)CCC)OB(O)C[C@@H]2[C@@H]2C(=O)N(c3ccccc3)C(=O)[C@@H]2C1. The highest BCUT2D eigenvalue weighted by Gasteiger charge is 2.57. The van der Waals surface area contributed by atoms with E-state index in [4.69, 9.17) is 4.65 Å². The van der Waals surface area contributed by atoms with Crippen molar-refractivity contribution in [1.29, 1.82) is 0 Å². The van der Waals surface area contributed by atoms with Crippen LogP contribution in [0.5, 0.6) is 5.75 Å². The van der Waals surface area contributed by atoms with Crippen molar-refractivity contribution in [3.05, 3.63) is 75.9 Å². The Kier molecular flexibility index (Phi) is 8.86. The highest BCUT2D eigenvalue weighted by atomic mass is 16.5. The van der Waals surface area contributed by atoms with E-state index in [1.807, 2.05) is 56.3 Å². The molecule has 6 nitrogen and oxygen atoms in total. The van der Waals surface area contributed by atoms with Crippen molar-refractivity contribution in [2.75, 3.05) is 4.90 Å². The number of nitrogens with zero attached hydrogens (tertiary/aromatic N) is 1. The molecule has 0 aromatic heterocycles. The second kappa shape index (κ2) is 12.4. The summed E-state index contributed by atoms with van der Waals surface area (Å²) in [4.78, 5) is 28.9. The first-order chi connectivity index (χ1) is 19.7. The van der Waals surface area contributed by atoms with E-state index in [1.54, 1.807) is 0 Å². The van der Waals surface area contributed by atoms with Gasteiger partial charge < -0.3 is 14.8 Å². The first-order valence-electron chi connectivity index (χ1n) is 15.2. The fraction of sp³-hybridized carbons (Fsp3) is 0.471. The number of aryl methyl sites for hydroxylation is 2. The van der Waals surface area contributed by atoms with Crippen molar-refractivity contribution in [2.24, 2.45) is 17.8 Å². The number of allylic oxidation sites excluding steroid dienone is 2. The molecule has 2 saturated heterocycles. The van der Waals surface area contributed by atoms with Gasteiger partial charge in [-0.3, -0.25) is 14.5 Å². The number of carbonyl (C=O) groups is 2. The molecular weight excluding hydrogens is 513 g/mol. The molecule has 2 amide bonds. The van der Waals surface area contributed by atoms with Crippen LogP contribution < -0.4 is 4.90 Å². The molecule has 41 heavy (non-hydrogen) atoms. The number of hydrogen-bond donors (Lipinski definition) is 2. The monoisotopic (exact) mass is 555 g/mol. The van der Waals surface area contributed by atoms with E-state index in [1.165, 1.54) is 16.0 Å². The highest BCUT2D eigenvalue weighted by molar-refractivity contribution is 6.43. The molecule has 4 atom stereocenters. The van der Waals surface area contributed by atoms with Crippen molar-refractivity contribution in [3.8, 4) is 5.75 Å². The number of benzene rings is 2. The van der Waals surface area contributed by atoms with Crippen LogP contribution in [0.2, 0.25) is 6.32 Å². The second-order valence-electron chi connectivity index (χ2n) is 12.0. The lowest BCUT2D eigenvalue weighted by Crippen LogP contribution is -2.46. The summed E-state index contributed by atoms with van der Waals surface area (Å²) in [7, 11) is -0.968. The van der Waals surface area contributed by atoms with E-state index in [-0.39, 0.29) is 29.8 Å². The molecule has 2 aromatic rings. The van der Waals surface area contributed by atoms with E-state index in [0.29, 0.717) is 30.6 Å². The minimum absolute atomic E-state index is 0.121. The van der Waals surface area contributed by atoms with Gasteiger partial charge in [-0.2, -0.15) is 0 Å². The van der Waals surface area contributed by atoms with Gasteiger partial charge >= 0.3 is 7.12 Å². The van der Waals surface area contributed by atoms with Crippen molar-refractivity contribution in [1.82, 2.24) is 0 Å². The normalized spacial score (nSPS) is 24.7. The Bertz CT molecular complexity index is 1340. The number of imide groups is 1. The Morgan fingerprint density at radius 3 is 2.39 bits per heavy atom. The number of hydrogen-bond acceptors (Lipinski definition) is 5. The summed E-state index contributed by atoms with van der Waals surface area (Å²) >= 11 is 0.